The summed E-state index contributed by atoms with van der Waals surface area (Å²) in [4.78, 5) is 14.9. The number of hydrogen-bond donors (Lipinski definition) is 1. The molecule has 0 radical (unpaired) electrons. The smallest absolute Gasteiger partial charge is 0.233 e. The first-order chi connectivity index (χ1) is 13.1. The number of thioether (sulfide) groups is 1. The molecule has 4 rings (SSSR count). The number of fused-ring (bicyclic) bond motifs is 1. The van der Waals surface area contributed by atoms with Gasteiger partial charge in [-0.1, -0.05) is 36.7 Å². The summed E-state index contributed by atoms with van der Waals surface area (Å²) in [6.07, 6.45) is 7.18. The number of benzene rings is 1. The third-order valence-corrected chi connectivity index (χ3v) is 6.60. The molecule has 1 aliphatic heterocycles. The summed E-state index contributed by atoms with van der Waals surface area (Å²) in [6.45, 7) is 0.844. The zero-order valence-electron chi connectivity index (χ0n) is 15.2. The number of carbonyl (C=O) groups is 1. The molecule has 2 aliphatic rings. The number of carbonyl (C=O) groups excluding carboxylic acids is 1. The van der Waals surface area contributed by atoms with Crippen LogP contribution < -0.4 is 5.84 Å². The van der Waals surface area contributed by atoms with E-state index in [1.165, 1.54) is 48.2 Å². The number of halogens is 1. The van der Waals surface area contributed by atoms with E-state index in [1.807, 2.05) is 0 Å². The molecular formula is C19H24FN5OS. The maximum absolute atomic E-state index is 14.0. The van der Waals surface area contributed by atoms with Gasteiger partial charge in [-0.3, -0.25) is 4.79 Å². The van der Waals surface area contributed by atoms with Crippen molar-refractivity contribution in [3.63, 3.8) is 0 Å². The summed E-state index contributed by atoms with van der Waals surface area (Å²) in [5.74, 6) is 6.97. The fourth-order valence-electron chi connectivity index (χ4n) is 4.35. The van der Waals surface area contributed by atoms with Gasteiger partial charge in [0.1, 0.15) is 5.82 Å². The molecule has 1 aromatic heterocycles. The summed E-state index contributed by atoms with van der Waals surface area (Å²) in [7, 11) is 0. The second-order valence-corrected chi connectivity index (χ2v) is 8.23. The SMILES string of the molecule is Nn1c(SCC(=O)N2CCC[C@H]3CCCC[C@@H]32)nnc1-c1ccccc1F. The normalized spacial score (nSPS) is 22.5. The van der Waals surface area contributed by atoms with Gasteiger partial charge in [0, 0.05) is 12.6 Å². The van der Waals surface area contributed by atoms with E-state index in [-0.39, 0.29) is 17.5 Å². The minimum atomic E-state index is -0.402. The van der Waals surface area contributed by atoms with E-state index < -0.39 is 5.82 Å². The number of nitrogen functional groups attached to an aromatic ring is 1. The Morgan fingerprint density at radius 1 is 1.19 bits per heavy atom. The van der Waals surface area contributed by atoms with Crippen molar-refractivity contribution in [2.45, 2.75) is 49.7 Å². The highest BCUT2D eigenvalue weighted by Crippen LogP contribution is 2.35. The lowest BCUT2D eigenvalue weighted by atomic mass is 9.78. The Morgan fingerprint density at radius 3 is 2.81 bits per heavy atom. The number of rotatable bonds is 4. The molecule has 144 valence electrons. The van der Waals surface area contributed by atoms with E-state index in [0.29, 0.717) is 22.7 Å². The number of amides is 1. The number of piperidine rings is 1. The fourth-order valence-corrected chi connectivity index (χ4v) is 5.09. The third-order valence-electron chi connectivity index (χ3n) is 5.67. The van der Waals surface area contributed by atoms with Crippen LogP contribution in [0.3, 0.4) is 0 Å². The van der Waals surface area contributed by atoms with Crippen LogP contribution in [0, 0.1) is 11.7 Å². The Kier molecular flexibility index (Phi) is 5.33. The number of aromatic nitrogens is 3. The summed E-state index contributed by atoms with van der Waals surface area (Å²) in [6, 6.07) is 6.70. The van der Waals surface area contributed by atoms with Crippen LogP contribution in [0.15, 0.2) is 29.4 Å². The molecule has 2 heterocycles. The molecule has 2 N–H and O–H groups in total. The first-order valence-electron chi connectivity index (χ1n) is 9.53. The van der Waals surface area contributed by atoms with Crippen molar-refractivity contribution in [2.24, 2.45) is 5.92 Å². The van der Waals surface area contributed by atoms with E-state index in [4.69, 9.17) is 5.84 Å². The van der Waals surface area contributed by atoms with Gasteiger partial charge in [0.25, 0.3) is 0 Å². The van der Waals surface area contributed by atoms with Gasteiger partial charge < -0.3 is 10.7 Å². The van der Waals surface area contributed by atoms with Gasteiger partial charge in [0.05, 0.1) is 11.3 Å². The summed E-state index contributed by atoms with van der Waals surface area (Å²) in [5, 5.41) is 8.47. The van der Waals surface area contributed by atoms with Crippen molar-refractivity contribution in [2.75, 3.05) is 18.1 Å². The number of nitrogens with zero attached hydrogens (tertiary/aromatic N) is 4. The number of nitrogens with two attached hydrogens (primary N) is 1. The maximum Gasteiger partial charge on any atom is 0.233 e. The lowest BCUT2D eigenvalue weighted by Gasteiger charge is -2.44. The largest absolute Gasteiger partial charge is 0.339 e. The first kappa shape index (κ1) is 18.3. The molecule has 0 unspecified atom stereocenters. The van der Waals surface area contributed by atoms with Crippen LogP contribution in [0.4, 0.5) is 4.39 Å². The highest BCUT2D eigenvalue weighted by atomic mass is 32.2. The molecular weight excluding hydrogens is 365 g/mol. The molecule has 1 saturated carbocycles. The zero-order chi connectivity index (χ0) is 18.8. The van der Waals surface area contributed by atoms with Gasteiger partial charge in [-0.15, -0.1) is 10.2 Å². The Morgan fingerprint density at radius 2 is 1.96 bits per heavy atom. The second-order valence-electron chi connectivity index (χ2n) is 7.29. The molecule has 6 nitrogen and oxygen atoms in total. The molecule has 2 aromatic rings. The van der Waals surface area contributed by atoms with Gasteiger partial charge in [-0.2, -0.15) is 0 Å². The molecule has 2 fully saturated rings. The number of hydrogen-bond acceptors (Lipinski definition) is 5. The predicted octanol–water partition coefficient (Wildman–Crippen LogP) is 3.07. The van der Waals surface area contributed by atoms with Crippen molar-refractivity contribution in [1.82, 2.24) is 19.8 Å². The maximum atomic E-state index is 14.0. The monoisotopic (exact) mass is 389 g/mol. The molecule has 1 aromatic carbocycles. The fraction of sp³-hybridized carbons (Fsp3) is 0.526. The Bertz CT molecular complexity index is 824. The van der Waals surface area contributed by atoms with Crippen LogP contribution in [0.2, 0.25) is 0 Å². The summed E-state index contributed by atoms with van der Waals surface area (Å²) >= 11 is 1.26. The Balaban J connectivity index is 1.43. The predicted molar refractivity (Wildman–Crippen MR) is 103 cm³/mol. The standard InChI is InChI=1S/C19H24FN5OS/c20-15-9-3-2-8-14(15)18-22-23-19(25(18)21)27-12-17(26)24-11-5-7-13-6-1-4-10-16(13)24/h2-3,8-9,13,16H,1,4-7,10-12,21H2/t13-,16+/m1/s1. The second kappa shape index (κ2) is 7.88. The van der Waals surface area contributed by atoms with Crippen LogP contribution in [-0.4, -0.2) is 44.0 Å². The van der Waals surface area contributed by atoms with Gasteiger partial charge >= 0.3 is 0 Å². The lowest BCUT2D eigenvalue weighted by molar-refractivity contribution is -0.134. The van der Waals surface area contributed by atoms with E-state index in [1.54, 1.807) is 18.2 Å². The highest BCUT2D eigenvalue weighted by molar-refractivity contribution is 7.99. The minimum Gasteiger partial charge on any atom is -0.339 e. The van der Waals surface area contributed by atoms with E-state index in [9.17, 15) is 9.18 Å². The van der Waals surface area contributed by atoms with Crippen LogP contribution in [0.5, 0.6) is 0 Å². The average Bonchev–Trinajstić information content (AvgIpc) is 3.06. The topological polar surface area (TPSA) is 77.0 Å². The first-order valence-corrected chi connectivity index (χ1v) is 10.5. The highest BCUT2D eigenvalue weighted by Gasteiger charge is 2.35. The van der Waals surface area contributed by atoms with Crippen molar-refractivity contribution in [1.29, 1.82) is 0 Å². The van der Waals surface area contributed by atoms with Gasteiger partial charge in [0.2, 0.25) is 11.1 Å². The molecule has 0 bridgehead atoms. The van der Waals surface area contributed by atoms with Gasteiger partial charge in [0.15, 0.2) is 5.82 Å². The average molecular weight is 390 g/mol. The van der Waals surface area contributed by atoms with Crippen LogP contribution in [0.1, 0.15) is 38.5 Å². The molecule has 1 saturated heterocycles. The molecule has 2 atom stereocenters. The van der Waals surface area contributed by atoms with Crippen LogP contribution in [-0.2, 0) is 4.79 Å². The molecule has 0 spiro atoms. The lowest BCUT2D eigenvalue weighted by Crippen LogP contribution is -2.50. The van der Waals surface area contributed by atoms with E-state index in [0.717, 1.165) is 19.4 Å². The molecule has 27 heavy (non-hydrogen) atoms. The van der Waals surface area contributed by atoms with E-state index in [2.05, 4.69) is 15.1 Å². The Labute approximate surface area is 162 Å². The van der Waals surface area contributed by atoms with Gasteiger partial charge in [-0.05, 0) is 43.7 Å². The minimum absolute atomic E-state index is 0.132. The third kappa shape index (κ3) is 3.67. The van der Waals surface area contributed by atoms with Crippen molar-refractivity contribution in [3.05, 3.63) is 30.1 Å². The molecule has 1 amide bonds. The van der Waals surface area contributed by atoms with E-state index >= 15 is 0 Å². The quantitative estimate of drug-likeness (QED) is 0.642. The van der Waals surface area contributed by atoms with Crippen LogP contribution in [0.25, 0.3) is 11.4 Å². The van der Waals surface area contributed by atoms with Gasteiger partial charge in [-0.25, -0.2) is 9.07 Å². The number of likely N-dealkylation sites (tertiary alicyclic amines) is 1. The van der Waals surface area contributed by atoms with Crippen molar-refractivity contribution >= 4 is 17.7 Å². The summed E-state index contributed by atoms with van der Waals surface area (Å²) < 4.78 is 15.2. The van der Waals surface area contributed by atoms with Crippen molar-refractivity contribution < 1.29 is 9.18 Å². The molecule has 8 heteroatoms. The van der Waals surface area contributed by atoms with Crippen LogP contribution >= 0.6 is 11.8 Å². The Hall–Kier alpha value is -2.09. The van der Waals surface area contributed by atoms with Crippen molar-refractivity contribution in [3.8, 4) is 11.4 Å². The zero-order valence-corrected chi connectivity index (χ0v) is 16.0. The summed E-state index contributed by atoms with van der Waals surface area (Å²) in [5.41, 5.74) is 0.298. The molecule has 1 aliphatic carbocycles.